The molecule has 1 rings (SSSR count). The number of esters is 2. The van der Waals surface area contributed by atoms with Crippen LogP contribution in [0.4, 0.5) is 0 Å². The molecule has 1 heterocycles. The topological polar surface area (TPSA) is 169 Å². The average Bonchev–Trinajstić information content (AvgIpc) is 3.30. The molecule has 0 bridgehead atoms. The van der Waals surface area contributed by atoms with Gasteiger partial charge >= 0.3 is 17.9 Å². The van der Waals surface area contributed by atoms with Crippen molar-refractivity contribution in [2.75, 3.05) is 13.2 Å². The van der Waals surface area contributed by atoms with Crippen LogP contribution in [0.5, 0.6) is 0 Å². The standard InChI is InChI=1S/C55H96O11/c1-3-5-7-9-11-13-15-17-19-21-23-24-26-27-29-31-33-35-37-39-41-43-48(56)63-45-47(46-64-55-52(60)50(58)51(59)53(66-55)54(61)62)65-49(57)44-42-40-38-36-34-32-30-28-25-22-20-18-16-14-12-10-8-6-4-2/h5,7,11,13,17,19,23-24,47,50-53,55,58-60H,3-4,6,8-10,12,14-16,18,20-22,25-46H2,1-2H3,(H,61,62)/b7-5-,13-11-,19-17-,24-23-. The third kappa shape index (κ3) is 35.3. The second-order valence-corrected chi connectivity index (χ2v) is 18.3. The largest absolute Gasteiger partial charge is 0.479 e. The van der Waals surface area contributed by atoms with Gasteiger partial charge in [0.25, 0.3) is 0 Å². The maximum absolute atomic E-state index is 12.8. The summed E-state index contributed by atoms with van der Waals surface area (Å²) >= 11 is 0. The van der Waals surface area contributed by atoms with Crippen LogP contribution >= 0.6 is 0 Å². The fraction of sp³-hybridized carbons (Fsp3) is 0.800. The van der Waals surface area contributed by atoms with Crippen molar-refractivity contribution in [3.05, 3.63) is 48.6 Å². The van der Waals surface area contributed by atoms with E-state index in [1.54, 1.807) is 0 Å². The Morgan fingerprint density at radius 2 is 0.894 bits per heavy atom. The Kier molecular flexibility index (Phi) is 41.4. The molecule has 1 aliphatic heterocycles. The van der Waals surface area contributed by atoms with Gasteiger partial charge in [-0.1, -0.05) is 217 Å². The summed E-state index contributed by atoms with van der Waals surface area (Å²) in [5.74, 6) is -2.44. The Morgan fingerprint density at radius 3 is 1.35 bits per heavy atom. The Bertz CT molecular complexity index is 1280. The minimum Gasteiger partial charge on any atom is -0.479 e. The molecule has 11 nitrogen and oxygen atoms in total. The first-order chi connectivity index (χ1) is 32.2. The van der Waals surface area contributed by atoms with Crippen LogP contribution in [0.2, 0.25) is 0 Å². The molecule has 0 aromatic carbocycles. The van der Waals surface area contributed by atoms with Crippen LogP contribution in [-0.4, -0.2) is 88.4 Å². The summed E-state index contributed by atoms with van der Waals surface area (Å²) in [6, 6.07) is 0. The molecule has 0 aromatic heterocycles. The first kappa shape index (κ1) is 61.2. The van der Waals surface area contributed by atoms with Crippen LogP contribution in [0, 0.1) is 0 Å². The van der Waals surface area contributed by atoms with Gasteiger partial charge in [0.2, 0.25) is 0 Å². The number of carbonyl (C=O) groups is 3. The predicted molar refractivity (Wildman–Crippen MR) is 266 cm³/mol. The molecular formula is C55H96O11. The van der Waals surface area contributed by atoms with Crippen LogP contribution in [0.25, 0.3) is 0 Å². The van der Waals surface area contributed by atoms with Gasteiger partial charge in [-0.25, -0.2) is 4.79 Å². The molecule has 0 aliphatic carbocycles. The van der Waals surface area contributed by atoms with Gasteiger partial charge in [0.05, 0.1) is 6.61 Å². The van der Waals surface area contributed by atoms with Gasteiger partial charge in [-0.3, -0.25) is 9.59 Å². The molecule has 66 heavy (non-hydrogen) atoms. The van der Waals surface area contributed by atoms with Crippen LogP contribution in [0.1, 0.15) is 232 Å². The molecule has 6 atom stereocenters. The third-order valence-corrected chi connectivity index (χ3v) is 12.2. The summed E-state index contributed by atoms with van der Waals surface area (Å²) in [6.45, 7) is 3.73. The summed E-state index contributed by atoms with van der Waals surface area (Å²) in [6.07, 6.45) is 45.8. The number of hydrogen-bond donors (Lipinski definition) is 4. The molecule has 0 spiro atoms. The predicted octanol–water partition coefficient (Wildman–Crippen LogP) is 12.9. The Labute approximate surface area is 401 Å². The Hall–Kier alpha value is -2.83. The van der Waals surface area contributed by atoms with Crippen molar-refractivity contribution >= 4 is 17.9 Å². The number of hydrogen-bond acceptors (Lipinski definition) is 10. The van der Waals surface area contributed by atoms with Crippen LogP contribution < -0.4 is 0 Å². The van der Waals surface area contributed by atoms with E-state index in [9.17, 15) is 34.8 Å². The highest BCUT2D eigenvalue weighted by Crippen LogP contribution is 2.23. The first-order valence-electron chi connectivity index (χ1n) is 26.7. The summed E-state index contributed by atoms with van der Waals surface area (Å²) in [4.78, 5) is 37.0. The van der Waals surface area contributed by atoms with Gasteiger partial charge in [0.1, 0.15) is 24.9 Å². The number of aliphatic hydroxyl groups is 3. The molecule has 4 N–H and O–H groups in total. The van der Waals surface area contributed by atoms with E-state index in [4.69, 9.17) is 18.9 Å². The molecule has 0 saturated carbocycles. The van der Waals surface area contributed by atoms with E-state index >= 15 is 0 Å². The monoisotopic (exact) mass is 933 g/mol. The number of carbonyl (C=O) groups excluding carboxylic acids is 2. The lowest BCUT2D eigenvalue weighted by molar-refractivity contribution is -0.298. The molecule has 1 saturated heterocycles. The molecule has 0 aromatic rings. The van der Waals surface area contributed by atoms with E-state index in [0.29, 0.717) is 12.8 Å². The highest BCUT2D eigenvalue weighted by Gasteiger charge is 2.47. The Balaban J connectivity index is 2.28. The van der Waals surface area contributed by atoms with Gasteiger partial charge in [-0.2, -0.15) is 0 Å². The molecule has 1 aliphatic rings. The number of rotatable bonds is 45. The average molecular weight is 933 g/mol. The maximum Gasteiger partial charge on any atom is 0.335 e. The van der Waals surface area contributed by atoms with Gasteiger partial charge in [0.15, 0.2) is 18.5 Å². The number of carboxylic acid groups (broad SMARTS) is 1. The fourth-order valence-electron chi connectivity index (χ4n) is 8.05. The summed E-state index contributed by atoms with van der Waals surface area (Å²) in [7, 11) is 0. The Morgan fingerprint density at radius 1 is 0.485 bits per heavy atom. The van der Waals surface area contributed by atoms with Crippen LogP contribution in [0.3, 0.4) is 0 Å². The van der Waals surface area contributed by atoms with E-state index in [2.05, 4.69) is 62.5 Å². The van der Waals surface area contributed by atoms with Crippen molar-refractivity contribution in [3.63, 3.8) is 0 Å². The molecule has 1 fully saturated rings. The smallest absolute Gasteiger partial charge is 0.335 e. The van der Waals surface area contributed by atoms with E-state index in [-0.39, 0.29) is 19.4 Å². The van der Waals surface area contributed by atoms with Crippen molar-refractivity contribution in [1.29, 1.82) is 0 Å². The highest BCUT2D eigenvalue weighted by atomic mass is 16.7. The van der Waals surface area contributed by atoms with Gasteiger partial charge in [-0.15, -0.1) is 0 Å². The molecule has 382 valence electrons. The maximum atomic E-state index is 12.8. The quantitative estimate of drug-likeness (QED) is 0.0260. The minimum atomic E-state index is -1.86. The lowest BCUT2D eigenvalue weighted by atomic mass is 9.99. The van der Waals surface area contributed by atoms with E-state index in [0.717, 1.165) is 70.6 Å². The number of ether oxygens (including phenoxy) is 4. The zero-order valence-electron chi connectivity index (χ0n) is 41.7. The SMILES string of the molecule is CC/C=C\C/C=C\C/C=C\C/C=C\CCCCCCCCCCC(=O)OCC(COC1OC(C(=O)O)C(O)C(O)C1O)OC(=O)CCCCCCCCCCCCCCCCCCCCC. The van der Waals surface area contributed by atoms with Gasteiger partial charge in [-0.05, 0) is 51.4 Å². The summed E-state index contributed by atoms with van der Waals surface area (Å²) in [5.41, 5.74) is 0. The molecule has 6 unspecified atom stereocenters. The van der Waals surface area contributed by atoms with Crippen LogP contribution in [0.15, 0.2) is 48.6 Å². The molecule has 0 amide bonds. The number of aliphatic carboxylic acids is 1. The lowest BCUT2D eigenvalue weighted by Crippen LogP contribution is -2.60. The van der Waals surface area contributed by atoms with Crippen LogP contribution in [-0.2, 0) is 33.3 Å². The van der Waals surface area contributed by atoms with Crippen molar-refractivity contribution < 1.29 is 53.8 Å². The van der Waals surface area contributed by atoms with Crippen molar-refractivity contribution in [2.45, 2.75) is 269 Å². The number of unbranched alkanes of at least 4 members (excludes halogenated alkanes) is 26. The first-order valence-corrected chi connectivity index (χ1v) is 26.7. The zero-order valence-corrected chi connectivity index (χ0v) is 41.7. The fourth-order valence-corrected chi connectivity index (χ4v) is 8.05. The van der Waals surface area contributed by atoms with Crippen molar-refractivity contribution in [2.24, 2.45) is 0 Å². The van der Waals surface area contributed by atoms with Crippen molar-refractivity contribution in [3.8, 4) is 0 Å². The highest BCUT2D eigenvalue weighted by molar-refractivity contribution is 5.73. The van der Waals surface area contributed by atoms with E-state index in [1.807, 2.05) is 0 Å². The third-order valence-electron chi connectivity index (χ3n) is 12.2. The van der Waals surface area contributed by atoms with E-state index < -0.39 is 61.3 Å². The molecular weight excluding hydrogens is 837 g/mol. The van der Waals surface area contributed by atoms with Crippen molar-refractivity contribution in [1.82, 2.24) is 0 Å². The van der Waals surface area contributed by atoms with Gasteiger partial charge in [0, 0.05) is 12.8 Å². The summed E-state index contributed by atoms with van der Waals surface area (Å²) in [5, 5.41) is 40.0. The number of aliphatic hydroxyl groups excluding tert-OH is 3. The van der Waals surface area contributed by atoms with Gasteiger partial charge < -0.3 is 39.4 Å². The normalized spacial score (nSPS) is 19.4. The zero-order chi connectivity index (χ0) is 48.1. The number of allylic oxidation sites excluding steroid dienone is 8. The lowest BCUT2D eigenvalue weighted by Gasteiger charge is -2.38. The minimum absolute atomic E-state index is 0.184. The molecule has 11 heteroatoms. The second-order valence-electron chi connectivity index (χ2n) is 18.3. The second kappa shape index (κ2) is 44.7. The number of carboxylic acids is 1. The summed E-state index contributed by atoms with van der Waals surface area (Å²) < 4.78 is 21.9. The molecule has 0 radical (unpaired) electrons. The van der Waals surface area contributed by atoms with E-state index in [1.165, 1.54) is 122 Å².